The number of carbonyl (C=O) groups excluding carboxylic acids is 2. The molecule has 0 aliphatic rings. The summed E-state index contributed by atoms with van der Waals surface area (Å²) in [6.45, 7) is 5.37. The van der Waals surface area contributed by atoms with Crippen molar-refractivity contribution in [2.45, 2.75) is 33.2 Å². The number of aromatic nitrogens is 2. The molecule has 3 aromatic rings. The third-order valence-electron chi connectivity index (χ3n) is 4.33. The van der Waals surface area contributed by atoms with E-state index in [1.165, 1.54) is 23.5 Å². The quantitative estimate of drug-likeness (QED) is 0.623. The van der Waals surface area contributed by atoms with Crippen LogP contribution >= 0.6 is 11.3 Å². The first-order valence-corrected chi connectivity index (χ1v) is 10.3. The highest BCUT2D eigenvalue weighted by Gasteiger charge is 2.28. The molecule has 1 atom stereocenters. The molecule has 6 nitrogen and oxygen atoms in total. The Morgan fingerprint density at radius 3 is 2.33 bits per heavy atom. The number of anilines is 1. The lowest BCUT2D eigenvalue weighted by atomic mass is 9.94. The number of hydrogen-bond acceptors (Lipinski definition) is 5. The van der Waals surface area contributed by atoms with Gasteiger partial charge in [-0.3, -0.25) is 14.9 Å². The van der Waals surface area contributed by atoms with Crippen molar-refractivity contribution in [1.29, 1.82) is 0 Å². The first kappa shape index (κ1) is 21.6. The second kappa shape index (κ2) is 9.13. The molecule has 8 heteroatoms. The van der Waals surface area contributed by atoms with E-state index in [4.69, 9.17) is 0 Å². The molecular weight excluding hydrogens is 403 g/mol. The van der Waals surface area contributed by atoms with E-state index in [2.05, 4.69) is 20.8 Å². The van der Waals surface area contributed by atoms with E-state index >= 15 is 0 Å². The van der Waals surface area contributed by atoms with E-state index < -0.39 is 11.5 Å². The Morgan fingerprint density at radius 1 is 1.03 bits per heavy atom. The average Bonchev–Trinajstić information content (AvgIpc) is 3.16. The largest absolute Gasteiger partial charge is 0.344 e. The zero-order chi connectivity index (χ0) is 21.7. The van der Waals surface area contributed by atoms with Gasteiger partial charge in [0, 0.05) is 17.4 Å². The van der Waals surface area contributed by atoms with Gasteiger partial charge in [0.05, 0.1) is 0 Å². The van der Waals surface area contributed by atoms with Crippen LogP contribution in [0.1, 0.15) is 26.3 Å². The van der Waals surface area contributed by atoms with Crippen molar-refractivity contribution < 1.29 is 14.0 Å². The second-order valence-corrected chi connectivity index (χ2v) is 8.85. The zero-order valence-electron chi connectivity index (χ0n) is 17.0. The molecule has 1 unspecified atom stereocenters. The molecule has 1 heterocycles. The zero-order valence-corrected chi connectivity index (χ0v) is 17.8. The number of nitrogens with one attached hydrogen (secondary N) is 2. The lowest BCUT2D eigenvalue weighted by Crippen LogP contribution is -2.48. The first-order chi connectivity index (χ1) is 14.2. The molecule has 0 saturated carbocycles. The number of benzene rings is 2. The molecule has 3 rings (SSSR count). The maximum atomic E-state index is 13.1. The number of halogens is 1. The maximum absolute atomic E-state index is 13.1. The number of rotatable bonds is 6. The van der Waals surface area contributed by atoms with Crippen LogP contribution in [0.5, 0.6) is 0 Å². The molecule has 0 spiro atoms. The standard InChI is InChI=1S/C22H23FN4O2S/c1-22(2,3)20(29)24-17(13-14-7-5-4-6-8-14)18(28)25-21-27-26-19(30-21)15-9-11-16(23)12-10-15/h4-12,17H,13H2,1-3H3,(H,24,29)(H,25,27,28). The summed E-state index contributed by atoms with van der Waals surface area (Å²) in [4.78, 5) is 25.4. The van der Waals surface area contributed by atoms with Crippen molar-refractivity contribution in [3.63, 3.8) is 0 Å². The number of hydrogen-bond donors (Lipinski definition) is 2. The fourth-order valence-corrected chi connectivity index (χ4v) is 3.36. The molecule has 2 aromatic carbocycles. The Hall–Kier alpha value is -3.13. The number of nitrogens with zero attached hydrogens (tertiary/aromatic N) is 2. The Kier molecular flexibility index (Phi) is 6.56. The van der Waals surface area contributed by atoms with Crippen LogP contribution in [0.15, 0.2) is 54.6 Å². The summed E-state index contributed by atoms with van der Waals surface area (Å²) in [7, 11) is 0. The number of carbonyl (C=O) groups is 2. The summed E-state index contributed by atoms with van der Waals surface area (Å²) in [5.41, 5.74) is 1.00. The van der Waals surface area contributed by atoms with Crippen LogP contribution < -0.4 is 10.6 Å². The number of amides is 2. The third-order valence-corrected chi connectivity index (χ3v) is 5.22. The van der Waals surface area contributed by atoms with Crippen molar-refractivity contribution >= 4 is 28.3 Å². The molecule has 2 amide bonds. The maximum Gasteiger partial charge on any atom is 0.249 e. The van der Waals surface area contributed by atoms with Crippen molar-refractivity contribution in [2.24, 2.45) is 5.41 Å². The molecule has 0 saturated heterocycles. The highest BCUT2D eigenvalue weighted by Crippen LogP contribution is 2.26. The van der Waals surface area contributed by atoms with Gasteiger partial charge in [-0.1, -0.05) is 62.4 Å². The molecule has 0 aliphatic heterocycles. The molecule has 0 aliphatic carbocycles. The van der Waals surface area contributed by atoms with Crippen molar-refractivity contribution in [2.75, 3.05) is 5.32 Å². The van der Waals surface area contributed by atoms with E-state index in [1.54, 1.807) is 32.9 Å². The fraction of sp³-hybridized carbons (Fsp3) is 0.273. The topological polar surface area (TPSA) is 84.0 Å². The molecule has 156 valence electrons. The lowest BCUT2D eigenvalue weighted by Gasteiger charge is -2.23. The minimum atomic E-state index is -0.766. The van der Waals surface area contributed by atoms with Gasteiger partial charge in [-0.15, -0.1) is 10.2 Å². The van der Waals surface area contributed by atoms with Crippen LogP contribution in [0, 0.1) is 11.2 Å². The molecule has 1 aromatic heterocycles. The normalized spacial score (nSPS) is 12.3. The monoisotopic (exact) mass is 426 g/mol. The van der Waals surface area contributed by atoms with Gasteiger partial charge in [0.25, 0.3) is 0 Å². The molecular formula is C22H23FN4O2S. The van der Waals surface area contributed by atoms with Crippen molar-refractivity contribution in [1.82, 2.24) is 15.5 Å². The summed E-state index contributed by atoms with van der Waals surface area (Å²) in [5.74, 6) is -0.934. The predicted octanol–water partition coefficient (Wildman–Crippen LogP) is 4.06. The molecule has 0 fully saturated rings. The van der Waals surface area contributed by atoms with Gasteiger partial charge in [0.2, 0.25) is 16.9 Å². The van der Waals surface area contributed by atoms with Crippen LogP contribution in [-0.2, 0) is 16.0 Å². The van der Waals surface area contributed by atoms with Crippen LogP contribution in [0.4, 0.5) is 9.52 Å². The van der Waals surface area contributed by atoms with E-state index in [-0.39, 0.29) is 17.6 Å². The van der Waals surface area contributed by atoms with Gasteiger partial charge in [0.1, 0.15) is 16.9 Å². The minimum Gasteiger partial charge on any atom is -0.344 e. The van der Waals surface area contributed by atoms with Gasteiger partial charge < -0.3 is 5.32 Å². The van der Waals surface area contributed by atoms with Gasteiger partial charge in [-0.25, -0.2) is 4.39 Å². The smallest absolute Gasteiger partial charge is 0.249 e. The summed E-state index contributed by atoms with van der Waals surface area (Å²) < 4.78 is 13.1. The van der Waals surface area contributed by atoms with Gasteiger partial charge in [-0.2, -0.15) is 0 Å². The molecule has 0 bridgehead atoms. The Labute approximate surface area is 178 Å². The van der Waals surface area contributed by atoms with Crippen LogP contribution in [0.3, 0.4) is 0 Å². The third kappa shape index (κ3) is 5.70. The van der Waals surface area contributed by atoms with E-state index in [0.717, 1.165) is 5.56 Å². The second-order valence-electron chi connectivity index (χ2n) is 7.87. The van der Waals surface area contributed by atoms with Gasteiger partial charge in [0.15, 0.2) is 0 Å². The Morgan fingerprint density at radius 2 is 1.70 bits per heavy atom. The molecule has 0 radical (unpaired) electrons. The van der Waals surface area contributed by atoms with E-state index in [0.29, 0.717) is 22.1 Å². The lowest BCUT2D eigenvalue weighted by molar-refractivity contribution is -0.132. The van der Waals surface area contributed by atoms with E-state index in [1.807, 2.05) is 30.3 Å². The summed E-state index contributed by atoms with van der Waals surface area (Å²) in [5, 5.41) is 14.5. The van der Waals surface area contributed by atoms with Crippen LogP contribution in [0.25, 0.3) is 10.6 Å². The molecule has 2 N–H and O–H groups in total. The summed E-state index contributed by atoms with van der Waals surface area (Å²) >= 11 is 1.18. The van der Waals surface area contributed by atoms with Crippen molar-refractivity contribution in [3.05, 3.63) is 66.0 Å². The van der Waals surface area contributed by atoms with Gasteiger partial charge in [-0.05, 0) is 29.8 Å². The predicted molar refractivity (Wildman–Crippen MR) is 115 cm³/mol. The van der Waals surface area contributed by atoms with Crippen LogP contribution in [-0.4, -0.2) is 28.1 Å². The van der Waals surface area contributed by atoms with E-state index in [9.17, 15) is 14.0 Å². The molecule has 30 heavy (non-hydrogen) atoms. The minimum absolute atomic E-state index is 0.220. The summed E-state index contributed by atoms with van der Waals surface area (Å²) in [6, 6.07) is 14.6. The van der Waals surface area contributed by atoms with Gasteiger partial charge >= 0.3 is 0 Å². The highest BCUT2D eigenvalue weighted by atomic mass is 32.1. The van der Waals surface area contributed by atoms with Crippen molar-refractivity contribution in [3.8, 4) is 10.6 Å². The fourth-order valence-electron chi connectivity index (χ4n) is 2.61. The SMILES string of the molecule is CC(C)(C)C(=O)NC(Cc1ccccc1)C(=O)Nc1nnc(-c2ccc(F)cc2)s1. The highest BCUT2D eigenvalue weighted by molar-refractivity contribution is 7.18. The van der Waals surface area contributed by atoms with Crippen LogP contribution in [0.2, 0.25) is 0 Å². The average molecular weight is 427 g/mol. The Balaban J connectivity index is 1.75. The summed E-state index contributed by atoms with van der Waals surface area (Å²) in [6.07, 6.45) is 0.345. The first-order valence-electron chi connectivity index (χ1n) is 9.47. The Bertz CT molecular complexity index is 1010.